The highest BCUT2D eigenvalue weighted by Gasteiger charge is 2.26. The number of benzene rings is 2. The zero-order valence-corrected chi connectivity index (χ0v) is 15.4. The molecule has 1 heterocycles. The smallest absolute Gasteiger partial charge is 0.255 e. The van der Waals surface area contributed by atoms with E-state index in [1.807, 2.05) is 0 Å². The van der Waals surface area contributed by atoms with E-state index in [0.29, 0.717) is 28.7 Å². The van der Waals surface area contributed by atoms with E-state index in [4.69, 9.17) is 27.9 Å². The SMILES string of the molecule is O=C(c1ccc(Cl)cc1Cl)N1CCC[C@@H](OCc2cccc(F)c2F)C1. The van der Waals surface area contributed by atoms with Crippen molar-refractivity contribution in [3.63, 3.8) is 0 Å². The first kappa shape index (κ1) is 19.1. The molecule has 0 aliphatic carbocycles. The van der Waals surface area contributed by atoms with Crippen LogP contribution in [0.5, 0.6) is 0 Å². The summed E-state index contributed by atoms with van der Waals surface area (Å²) >= 11 is 12.0. The van der Waals surface area contributed by atoms with Crippen molar-refractivity contribution >= 4 is 29.1 Å². The van der Waals surface area contributed by atoms with Gasteiger partial charge < -0.3 is 9.64 Å². The number of amides is 1. The van der Waals surface area contributed by atoms with Crippen molar-refractivity contribution < 1.29 is 18.3 Å². The summed E-state index contributed by atoms with van der Waals surface area (Å²) in [5, 5.41) is 0.760. The maximum atomic E-state index is 13.7. The quantitative estimate of drug-likeness (QED) is 0.716. The first-order chi connectivity index (χ1) is 12.5. The molecule has 2 aromatic carbocycles. The van der Waals surface area contributed by atoms with Gasteiger partial charge in [0.25, 0.3) is 5.91 Å². The highest BCUT2D eigenvalue weighted by atomic mass is 35.5. The van der Waals surface area contributed by atoms with Crippen molar-refractivity contribution in [1.29, 1.82) is 0 Å². The lowest BCUT2D eigenvalue weighted by atomic mass is 10.1. The summed E-state index contributed by atoms with van der Waals surface area (Å²) in [6, 6.07) is 8.73. The average molecular weight is 400 g/mol. The molecule has 7 heteroatoms. The van der Waals surface area contributed by atoms with E-state index >= 15 is 0 Å². The number of halogens is 4. The molecule has 3 rings (SSSR count). The lowest BCUT2D eigenvalue weighted by Crippen LogP contribution is -2.43. The van der Waals surface area contributed by atoms with Gasteiger partial charge in [-0.2, -0.15) is 0 Å². The second kappa shape index (κ2) is 8.33. The Bertz CT molecular complexity index is 816. The maximum Gasteiger partial charge on any atom is 0.255 e. The van der Waals surface area contributed by atoms with Crippen molar-refractivity contribution in [3.8, 4) is 0 Å². The van der Waals surface area contributed by atoms with Crippen LogP contribution < -0.4 is 0 Å². The Morgan fingerprint density at radius 2 is 2.04 bits per heavy atom. The number of carbonyl (C=O) groups is 1. The number of hydrogen-bond acceptors (Lipinski definition) is 2. The highest BCUT2D eigenvalue weighted by Crippen LogP contribution is 2.24. The van der Waals surface area contributed by atoms with Gasteiger partial charge in [0, 0.05) is 23.7 Å². The molecule has 1 amide bonds. The monoisotopic (exact) mass is 399 g/mol. The number of carbonyl (C=O) groups excluding carboxylic acids is 1. The summed E-state index contributed by atoms with van der Waals surface area (Å²) in [5.74, 6) is -2.00. The van der Waals surface area contributed by atoms with E-state index in [0.717, 1.165) is 18.9 Å². The van der Waals surface area contributed by atoms with E-state index in [-0.39, 0.29) is 24.2 Å². The molecule has 2 aromatic rings. The summed E-state index contributed by atoms with van der Waals surface area (Å²) in [6.45, 7) is 0.915. The summed E-state index contributed by atoms with van der Waals surface area (Å²) in [7, 11) is 0. The van der Waals surface area contributed by atoms with Crippen molar-refractivity contribution in [1.82, 2.24) is 4.90 Å². The Labute approximate surface area is 160 Å². The summed E-state index contributed by atoms with van der Waals surface area (Å²) in [5.41, 5.74) is 0.544. The third-order valence-electron chi connectivity index (χ3n) is 4.33. The van der Waals surface area contributed by atoms with E-state index in [2.05, 4.69) is 0 Å². The van der Waals surface area contributed by atoms with Crippen molar-refractivity contribution in [2.24, 2.45) is 0 Å². The van der Waals surface area contributed by atoms with Crippen LogP contribution in [0.2, 0.25) is 10.0 Å². The van der Waals surface area contributed by atoms with Gasteiger partial charge in [-0.3, -0.25) is 4.79 Å². The van der Waals surface area contributed by atoms with E-state index in [9.17, 15) is 13.6 Å². The second-order valence-corrected chi connectivity index (χ2v) is 7.01. The minimum atomic E-state index is -0.899. The van der Waals surface area contributed by atoms with Crippen LogP contribution in [0.3, 0.4) is 0 Å². The van der Waals surface area contributed by atoms with Crippen LogP contribution in [0, 0.1) is 11.6 Å². The zero-order chi connectivity index (χ0) is 18.7. The van der Waals surface area contributed by atoms with Crippen LogP contribution in [0.15, 0.2) is 36.4 Å². The minimum absolute atomic E-state index is 0.0437. The molecule has 1 aliphatic heterocycles. The lowest BCUT2D eigenvalue weighted by molar-refractivity contribution is -0.00776. The Morgan fingerprint density at radius 3 is 2.81 bits per heavy atom. The van der Waals surface area contributed by atoms with Gasteiger partial charge in [-0.05, 0) is 37.1 Å². The summed E-state index contributed by atoms with van der Waals surface area (Å²) < 4.78 is 32.7. The minimum Gasteiger partial charge on any atom is -0.372 e. The zero-order valence-electron chi connectivity index (χ0n) is 13.9. The number of ether oxygens (including phenoxy) is 1. The summed E-state index contributed by atoms with van der Waals surface area (Å²) in [4.78, 5) is 14.3. The molecule has 26 heavy (non-hydrogen) atoms. The molecule has 0 N–H and O–H groups in total. The molecule has 1 fully saturated rings. The van der Waals surface area contributed by atoms with Gasteiger partial charge in [-0.1, -0.05) is 35.3 Å². The average Bonchev–Trinajstić information content (AvgIpc) is 2.63. The standard InChI is InChI=1S/C19H17Cl2F2NO2/c20-13-6-7-15(16(21)9-13)19(25)24-8-2-4-14(10-24)26-11-12-3-1-5-17(22)18(12)23/h1,3,5-7,9,14H,2,4,8,10-11H2/t14-/m1/s1. The van der Waals surface area contributed by atoms with Crippen LogP contribution >= 0.6 is 23.2 Å². The van der Waals surface area contributed by atoms with Gasteiger partial charge >= 0.3 is 0 Å². The second-order valence-electron chi connectivity index (χ2n) is 6.16. The Hall–Kier alpha value is -1.69. The molecule has 1 atom stereocenters. The number of rotatable bonds is 4. The third-order valence-corrected chi connectivity index (χ3v) is 4.88. The van der Waals surface area contributed by atoms with Crippen LogP contribution in [-0.4, -0.2) is 30.0 Å². The first-order valence-corrected chi connectivity index (χ1v) is 9.00. The fourth-order valence-electron chi connectivity index (χ4n) is 2.96. The third kappa shape index (κ3) is 4.34. The van der Waals surface area contributed by atoms with Gasteiger partial charge in [-0.15, -0.1) is 0 Å². The number of likely N-dealkylation sites (tertiary alicyclic amines) is 1. The first-order valence-electron chi connectivity index (χ1n) is 8.24. The van der Waals surface area contributed by atoms with Gasteiger partial charge in [0.2, 0.25) is 0 Å². The molecular formula is C19H17Cl2F2NO2. The predicted molar refractivity (Wildman–Crippen MR) is 96.5 cm³/mol. The van der Waals surface area contributed by atoms with Crippen LogP contribution in [-0.2, 0) is 11.3 Å². The molecule has 138 valence electrons. The highest BCUT2D eigenvalue weighted by molar-refractivity contribution is 6.36. The van der Waals surface area contributed by atoms with Crippen LogP contribution in [0.4, 0.5) is 8.78 Å². The molecule has 0 aromatic heterocycles. The number of nitrogens with zero attached hydrogens (tertiary/aromatic N) is 1. The Morgan fingerprint density at radius 1 is 1.23 bits per heavy atom. The Kier molecular flexibility index (Phi) is 6.12. The molecule has 1 aliphatic rings. The number of piperidine rings is 1. The largest absolute Gasteiger partial charge is 0.372 e. The lowest BCUT2D eigenvalue weighted by Gasteiger charge is -2.33. The van der Waals surface area contributed by atoms with Gasteiger partial charge in [0.05, 0.1) is 23.3 Å². The van der Waals surface area contributed by atoms with Gasteiger partial charge in [0.15, 0.2) is 11.6 Å². The van der Waals surface area contributed by atoms with E-state index in [1.165, 1.54) is 18.2 Å². The molecule has 0 bridgehead atoms. The molecule has 0 radical (unpaired) electrons. The Balaban J connectivity index is 1.63. The molecule has 0 saturated carbocycles. The topological polar surface area (TPSA) is 29.5 Å². The fourth-order valence-corrected chi connectivity index (χ4v) is 3.45. The van der Waals surface area contributed by atoms with Crippen molar-refractivity contribution in [3.05, 3.63) is 69.2 Å². The predicted octanol–water partition coefficient (Wildman–Crippen LogP) is 5.09. The molecule has 1 saturated heterocycles. The van der Waals surface area contributed by atoms with E-state index < -0.39 is 11.6 Å². The van der Waals surface area contributed by atoms with Gasteiger partial charge in [-0.25, -0.2) is 8.78 Å². The molecular weight excluding hydrogens is 383 g/mol. The summed E-state index contributed by atoms with van der Waals surface area (Å²) in [6.07, 6.45) is 1.25. The maximum absolute atomic E-state index is 13.7. The van der Waals surface area contributed by atoms with Gasteiger partial charge in [0.1, 0.15) is 0 Å². The van der Waals surface area contributed by atoms with Crippen LogP contribution in [0.25, 0.3) is 0 Å². The van der Waals surface area contributed by atoms with Crippen molar-refractivity contribution in [2.75, 3.05) is 13.1 Å². The van der Waals surface area contributed by atoms with Crippen LogP contribution in [0.1, 0.15) is 28.8 Å². The fraction of sp³-hybridized carbons (Fsp3) is 0.316. The molecule has 0 unspecified atom stereocenters. The molecule has 0 spiro atoms. The molecule has 3 nitrogen and oxygen atoms in total. The van der Waals surface area contributed by atoms with Crippen molar-refractivity contribution in [2.45, 2.75) is 25.6 Å². The normalized spacial score (nSPS) is 17.4. The number of hydrogen-bond donors (Lipinski definition) is 0. The van der Waals surface area contributed by atoms with E-state index in [1.54, 1.807) is 17.0 Å².